The molecule has 43 heavy (non-hydrogen) atoms. The molecule has 0 bridgehead atoms. The van der Waals surface area contributed by atoms with Gasteiger partial charge in [-0.25, -0.2) is 9.78 Å². The van der Waals surface area contributed by atoms with Gasteiger partial charge in [-0.15, -0.1) is 0 Å². The molecule has 5 rings (SSSR count). The van der Waals surface area contributed by atoms with Crippen LogP contribution in [0.1, 0.15) is 64.0 Å². The predicted octanol–water partition coefficient (Wildman–Crippen LogP) is 5.75. The van der Waals surface area contributed by atoms with E-state index in [1.165, 1.54) is 5.56 Å². The van der Waals surface area contributed by atoms with Crippen LogP contribution in [0.2, 0.25) is 0 Å². The number of rotatable bonds is 7. The van der Waals surface area contributed by atoms with Crippen molar-refractivity contribution in [3.63, 3.8) is 0 Å². The van der Waals surface area contributed by atoms with Gasteiger partial charge in [-0.1, -0.05) is 54.3 Å². The summed E-state index contributed by atoms with van der Waals surface area (Å²) in [6.45, 7) is -0.399. The highest BCUT2D eigenvalue weighted by Crippen LogP contribution is 2.39. The molecule has 0 spiro atoms. The molecule has 0 radical (unpaired) electrons. The number of carboxylic acids is 1. The Hall–Kier alpha value is -4.53. The number of aromatic nitrogens is 1. The molecular formula is C36H31NO5S. The van der Waals surface area contributed by atoms with Gasteiger partial charge in [0.1, 0.15) is 17.1 Å². The first kappa shape index (κ1) is 29.9. The van der Waals surface area contributed by atoms with Gasteiger partial charge < -0.3 is 20.1 Å². The Morgan fingerprint density at radius 3 is 1.84 bits per heavy atom. The zero-order valence-electron chi connectivity index (χ0n) is 23.6. The van der Waals surface area contributed by atoms with Crippen molar-refractivity contribution in [3.8, 4) is 29.4 Å². The Kier molecular flexibility index (Phi) is 10.2. The van der Waals surface area contributed by atoms with Crippen LogP contribution in [0.5, 0.6) is 5.75 Å². The van der Waals surface area contributed by atoms with Crippen LogP contribution in [0.3, 0.4) is 0 Å². The summed E-state index contributed by atoms with van der Waals surface area (Å²) in [6.07, 6.45) is 4.98. The van der Waals surface area contributed by atoms with Crippen molar-refractivity contribution in [2.75, 3.05) is 6.61 Å². The minimum atomic E-state index is -0.992. The van der Waals surface area contributed by atoms with E-state index in [1.807, 2.05) is 72.8 Å². The van der Waals surface area contributed by atoms with Gasteiger partial charge >= 0.3 is 5.97 Å². The molecule has 3 N–H and O–H groups in total. The summed E-state index contributed by atoms with van der Waals surface area (Å²) in [7, 11) is 0. The number of aliphatic carboxylic acids is 1. The van der Waals surface area contributed by atoms with Crippen LogP contribution in [-0.2, 0) is 30.8 Å². The summed E-state index contributed by atoms with van der Waals surface area (Å²) in [6, 6.07) is 22.7. The molecule has 0 aliphatic heterocycles. The zero-order valence-corrected chi connectivity index (χ0v) is 24.4. The lowest BCUT2D eigenvalue weighted by Crippen LogP contribution is -2.11. The van der Waals surface area contributed by atoms with E-state index in [0.29, 0.717) is 17.1 Å². The van der Waals surface area contributed by atoms with Gasteiger partial charge in [0.2, 0.25) is 0 Å². The molecule has 0 saturated carbocycles. The molecule has 0 atom stereocenters. The second-order valence-corrected chi connectivity index (χ2v) is 11.3. The molecule has 216 valence electrons. The predicted molar refractivity (Wildman–Crippen MR) is 166 cm³/mol. The van der Waals surface area contributed by atoms with E-state index in [2.05, 4.69) is 23.7 Å². The highest BCUT2D eigenvalue weighted by atomic mass is 32.2. The lowest BCUT2D eigenvalue weighted by atomic mass is 10.0. The van der Waals surface area contributed by atoms with Gasteiger partial charge in [-0.2, -0.15) is 0 Å². The maximum atomic E-state index is 11.1. The number of hydrogen-bond donors (Lipinski definition) is 3. The van der Waals surface area contributed by atoms with E-state index in [0.717, 1.165) is 69.7 Å². The largest absolute Gasteiger partial charge is 0.482 e. The zero-order chi connectivity index (χ0) is 30.0. The first-order valence-corrected chi connectivity index (χ1v) is 15.0. The van der Waals surface area contributed by atoms with Gasteiger partial charge in [-0.05, 0) is 108 Å². The number of hydrogen-bond acceptors (Lipinski definition) is 6. The molecule has 0 unspecified atom stereocenters. The summed E-state index contributed by atoms with van der Waals surface area (Å²) in [5.41, 5.74) is 6.75. The summed E-state index contributed by atoms with van der Waals surface area (Å²) >= 11 is 1.62. The fourth-order valence-electron chi connectivity index (χ4n) is 4.83. The van der Waals surface area contributed by atoms with Crippen molar-refractivity contribution in [2.45, 2.75) is 55.1 Å². The van der Waals surface area contributed by atoms with E-state index >= 15 is 0 Å². The maximum Gasteiger partial charge on any atom is 0.341 e. The van der Waals surface area contributed by atoms with Crippen molar-refractivity contribution in [1.82, 2.24) is 4.98 Å². The van der Waals surface area contributed by atoms with Crippen LogP contribution in [-0.4, -0.2) is 32.9 Å². The third-order valence-electron chi connectivity index (χ3n) is 7.02. The summed E-state index contributed by atoms with van der Waals surface area (Å²) in [5.74, 6) is 12.3. The van der Waals surface area contributed by atoms with Gasteiger partial charge in [0, 0.05) is 20.9 Å². The number of carbonyl (C=O) groups is 1. The Balaban J connectivity index is 1.50. The Bertz CT molecular complexity index is 1640. The third kappa shape index (κ3) is 8.28. The van der Waals surface area contributed by atoms with Crippen LogP contribution in [0.25, 0.3) is 0 Å². The number of carboxylic acid groups (broad SMARTS) is 1. The lowest BCUT2D eigenvalue weighted by molar-refractivity contribution is -0.139. The molecule has 0 saturated heterocycles. The second kappa shape index (κ2) is 14.6. The standard InChI is InChI=1S/C36H31NO5S/c38-22-27-10-6-25(7-11-27)14-16-29-20-31(21-30(37-29)17-15-26-8-12-28(23-39)13-9-26)43-35-19-18-34(42-24-36(40)41)32-4-2-1-3-5-33(32)35/h6-13,18-21,38-39H,1-5,22-24H2,(H,40,41). The average Bonchev–Trinajstić information content (AvgIpc) is 3.30. The Labute approximate surface area is 255 Å². The smallest absolute Gasteiger partial charge is 0.341 e. The minimum Gasteiger partial charge on any atom is -0.482 e. The minimum absolute atomic E-state index is 0.0182. The fourth-order valence-corrected chi connectivity index (χ4v) is 5.91. The van der Waals surface area contributed by atoms with Crippen LogP contribution in [0.4, 0.5) is 0 Å². The number of nitrogens with zero attached hydrogens (tertiary/aromatic N) is 1. The van der Waals surface area contributed by atoms with Crippen molar-refractivity contribution in [2.24, 2.45) is 0 Å². The third-order valence-corrected chi connectivity index (χ3v) is 8.09. The summed E-state index contributed by atoms with van der Waals surface area (Å²) in [5, 5.41) is 27.8. The van der Waals surface area contributed by atoms with Crippen molar-refractivity contribution >= 4 is 17.7 Å². The second-order valence-electron chi connectivity index (χ2n) is 10.1. The molecule has 0 amide bonds. The van der Waals surface area contributed by atoms with Crippen LogP contribution < -0.4 is 4.74 Å². The number of aliphatic hydroxyl groups is 2. The van der Waals surface area contributed by atoms with E-state index in [4.69, 9.17) is 14.8 Å². The fraction of sp³-hybridized carbons (Fsp3) is 0.222. The summed E-state index contributed by atoms with van der Waals surface area (Å²) < 4.78 is 5.66. The molecular weight excluding hydrogens is 558 g/mol. The SMILES string of the molecule is O=C(O)COc1ccc(Sc2cc(C#Cc3ccc(CO)cc3)nc(C#Cc3ccc(CO)cc3)c2)c2c1CCCCC2. The van der Waals surface area contributed by atoms with Crippen molar-refractivity contribution in [3.05, 3.63) is 118 Å². The topological polar surface area (TPSA) is 99.9 Å². The highest BCUT2D eigenvalue weighted by Gasteiger charge is 2.19. The Morgan fingerprint density at radius 2 is 1.30 bits per heavy atom. The molecule has 4 aromatic rings. The van der Waals surface area contributed by atoms with Crippen LogP contribution in [0.15, 0.2) is 82.6 Å². The van der Waals surface area contributed by atoms with E-state index in [1.54, 1.807) is 11.8 Å². The van der Waals surface area contributed by atoms with Gasteiger partial charge in [0.05, 0.1) is 13.2 Å². The molecule has 1 aromatic heterocycles. The number of aliphatic hydroxyl groups excluding tert-OH is 2. The van der Waals surface area contributed by atoms with Gasteiger partial charge in [-0.3, -0.25) is 0 Å². The monoisotopic (exact) mass is 589 g/mol. The molecule has 6 nitrogen and oxygen atoms in total. The first-order chi connectivity index (χ1) is 21.0. The van der Waals surface area contributed by atoms with Gasteiger partial charge in [0.15, 0.2) is 6.61 Å². The maximum absolute atomic E-state index is 11.1. The lowest BCUT2D eigenvalue weighted by Gasteiger charge is -2.17. The van der Waals surface area contributed by atoms with E-state index in [-0.39, 0.29) is 19.8 Å². The average molecular weight is 590 g/mol. The molecule has 0 fully saturated rings. The van der Waals surface area contributed by atoms with Gasteiger partial charge in [0.25, 0.3) is 0 Å². The first-order valence-electron chi connectivity index (χ1n) is 14.1. The molecule has 7 heteroatoms. The van der Waals surface area contributed by atoms with Crippen LogP contribution >= 0.6 is 11.8 Å². The molecule has 1 aliphatic rings. The molecule has 1 aliphatic carbocycles. The number of benzene rings is 3. The molecule has 1 heterocycles. The van der Waals surface area contributed by atoms with E-state index < -0.39 is 5.97 Å². The normalized spacial score (nSPS) is 12.1. The number of fused-ring (bicyclic) bond motifs is 1. The molecule has 3 aromatic carbocycles. The quantitative estimate of drug-likeness (QED) is 0.187. The Morgan fingerprint density at radius 1 is 0.744 bits per heavy atom. The van der Waals surface area contributed by atoms with Crippen LogP contribution in [0, 0.1) is 23.7 Å². The highest BCUT2D eigenvalue weighted by molar-refractivity contribution is 7.99. The van der Waals surface area contributed by atoms with Crippen molar-refractivity contribution in [1.29, 1.82) is 0 Å². The summed E-state index contributed by atoms with van der Waals surface area (Å²) in [4.78, 5) is 17.9. The number of pyridine rings is 1. The number of ether oxygens (including phenoxy) is 1. The van der Waals surface area contributed by atoms with E-state index in [9.17, 15) is 15.0 Å². The van der Waals surface area contributed by atoms with Crippen molar-refractivity contribution < 1.29 is 24.9 Å².